The van der Waals surface area contributed by atoms with Crippen LogP contribution in [-0.2, 0) is 0 Å². The van der Waals surface area contributed by atoms with Crippen LogP contribution in [0.4, 0.5) is 0 Å². The number of hydrogen-bond acceptors (Lipinski definition) is 2. The fourth-order valence-corrected chi connectivity index (χ4v) is 5.26. The van der Waals surface area contributed by atoms with Crippen molar-refractivity contribution in [2.75, 3.05) is 13.1 Å². The highest BCUT2D eigenvalue weighted by molar-refractivity contribution is 5.01. The Labute approximate surface area is 106 Å². The lowest BCUT2D eigenvalue weighted by molar-refractivity contribution is -0.0569. The van der Waals surface area contributed by atoms with Gasteiger partial charge < -0.3 is 11.1 Å². The molecule has 4 fully saturated rings. The Kier molecular flexibility index (Phi) is 3.20. The van der Waals surface area contributed by atoms with Crippen molar-refractivity contribution >= 4 is 0 Å². The van der Waals surface area contributed by atoms with Gasteiger partial charge in [-0.3, -0.25) is 0 Å². The molecule has 17 heavy (non-hydrogen) atoms. The minimum absolute atomic E-state index is 0.490. The average molecular weight is 236 g/mol. The fraction of sp³-hybridized carbons (Fsp3) is 1.00. The summed E-state index contributed by atoms with van der Waals surface area (Å²) >= 11 is 0. The molecule has 2 heteroatoms. The van der Waals surface area contributed by atoms with E-state index in [4.69, 9.17) is 5.73 Å². The maximum atomic E-state index is 5.66. The van der Waals surface area contributed by atoms with E-state index in [1.54, 1.807) is 38.5 Å². The van der Waals surface area contributed by atoms with Gasteiger partial charge in [-0.1, -0.05) is 0 Å². The van der Waals surface area contributed by atoms with Crippen molar-refractivity contribution < 1.29 is 0 Å². The third-order valence-electron chi connectivity index (χ3n) is 5.67. The van der Waals surface area contributed by atoms with Gasteiger partial charge in [-0.2, -0.15) is 0 Å². The standard InChI is InChI=1S/C15H28N2/c1-11(10-16)17-3-2-15-7-12-4-13(8-15)6-14(5-12)9-15/h11-14,17H,2-10,16H2,1H3/t11-,12?,13?,14?,15?/m0/s1. The van der Waals surface area contributed by atoms with Crippen molar-refractivity contribution in [2.45, 2.75) is 57.9 Å². The summed E-state index contributed by atoms with van der Waals surface area (Å²) in [5.41, 5.74) is 6.39. The molecular formula is C15H28N2. The van der Waals surface area contributed by atoms with Gasteiger partial charge in [0.25, 0.3) is 0 Å². The molecule has 0 amide bonds. The van der Waals surface area contributed by atoms with Crippen LogP contribution in [0, 0.1) is 23.2 Å². The molecule has 0 aromatic rings. The zero-order valence-corrected chi connectivity index (χ0v) is 11.3. The molecule has 0 heterocycles. The zero-order valence-electron chi connectivity index (χ0n) is 11.3. The van der Waals surface area contributed by atoms with E-state index < -0.39 is 0 Å². The van der Waals surface area contributed by atoms with Crippen molar-refractivity contribution in [1.29, 1.82) is 0 Å². The van der Waals surface area contributed by atoms with Crippen LogP contribution in [0.2, 0.25) is 0 Å². The predicted octanol–water partition coefficient (Wildman–Crippen LogP) is 2.53. The largest absolute Gasteiger partial charge is 0.329 e. The van der Waals surface area contributed by atoms with E-state index >= 15 is 0 Å². The number of nitrogens with one attached hydrogen (secondary N) is 1. The maximum Gasteiger partial charge on any atom is 0.0161 e. The second-order valence-corrected chi connectivity index (χ2v) is 7.26. The number of nitrogens with two attached hydrogens (primary N) is 1. The Morgan fingerprint density at radius 3 is 2.12 bits per heavy atom. The molecule has 4 rings (SSSR count). The van der Waals surface area contributed by atoms with Gasteiger partial charge in [-0.05, 0) is 81.6 Å². The van der Waals surface area contributed by atoms with E-state index in [2.05, 4.69) is 12.2 Å². The highest BCUT2D eigenvalue weighted by atomic mass is 14.9. The van der Waals surface area contributed by atoms with E-state index in [9.17, 15) is 0 Å². The summed E-state index contributed by atoms with van der Waals surface area (Å²) in [7, 11) is 0. The Morgan fingerprint density at radius 2 is 1.65 bits per heavy atom. The van der Waals surface area contributed by atoms with Gasteiger partial charge in [0.05, 0.1) is 0 Å². The molecule has 98 valence electrons. The number of rotatable bonds is 5. The second kappa shape index (κ2) is 4.55. The molecule has 0 spiro atoms. The first-order valence-corrected chi connectivity index (χ1v) is 7.62. The minimum Gasteiger partial charge on any atom is -0.329 e. The molecule has 0 unspecified atom stereocenters. The minimum atomic E-state index is 0.490. The van der Waals surface area contributed by atoms with Gasteiger partial charge >= 0.3 is 0 Å². The lowest BCUT2D eigenvalue weighted by atomic mass is 9.49. The van der Waals surface area contributed by atoms with Crippen LogP contribution >= 0.6 is 0 Å². The van der Waals surface area contributed by atoms with Gasteiger partial charge in [-0.15, -0.1) is 0 Å². The molecule has 4 aliphatic carbocycles. The van der Waals surface area contributed by atoms with Gasteiger partial charge in [0.2, 0.25) is 0 Å². The highest BCUT2D eigenvalue weighted by Gasteiger charge is 2.50. The summed E-state index contributed by atoms with van der Waals surface area (Å²) in [6.45, 7) is 4.14. The summed E-state index contributed by atoms with van der Waals surface area (Å²) in [6, 6.07) is 0.490. The van der Waals surface area contributed by atoms with Gasteiger partial charge in [0, 0.05) is 12.6 Å². The van der Waals surface area contributed by atoms with Crippen molar-refractivity contribution in [1.82, 2.24) is 5.32 Å². The second-order valence-electron chi connectivity index (χ2n) is 7.26. The van der Waals surface area contributed by atoms with E-state index in [1.165, 1.54) is 13.0 Å². The molecule has 0 aromatic heterocycles. The van der Waals surface area contributed by atoms with Crippen molar-refractivity contribution in [3.8, 4) is 0 Å². The van der Waals surface area contributed by atoms with E-state index in [-0.39, 0.29) is 0 Å². The predicted molar refractivity (Wildman–Crippen MR) is 71.7 cm³/mol. The first kappa shape index (κ1) is 12.0. The first-order valence-electron chi connectivity index (χ1n) is 7.62. The van der Waals surface area contributed by atoms with E-state index in [0.29, 0.717) is 6.04 Å². The average Bonchev–Trinajstić information content (AvgIpc) is 2.26. The smallest absolute Gasteiger partial charge is 0.0161 e. The molecule has 3 N–H and O–H groups in total. The van der Waals surface area contributed by atoms with Crippen LogP contribution in [0.3, 0.4) is 0 Å². The Balaban J connectivity index is 1.55. The molecule has 4 saturated carbocycles. The molecule has 0 aliphatic heterocycles. The quantitative estimate of drug-likeness (QED) is 0.770. The zero-order chi connectivity index (χ0) is 11.9. The lowest BCUT2D eigenvalue weighted by Crippen LogP contribution is -2.47. The van der Waals surface area contributed by atoms with Crippen molar-refractivity contribution in [3.63, 3.8) is 0 Å². The highest BCUT2D eigenvalue weighted by Crippen LogP contribution is 2.61. The monoisotopic (exact) mass is 236 g/mol. The Bertz CT molecular complexity index is 239. The molecule has 0 radical (unpaired) electrons. The number of hydrogen-bond donors (Lipinski definition) is 2. The molecule has 4 aliphatic rings. The van der Waals surface area contributed by atoms with Crippen molar-refractivity contribution in [3.05, 3.63) is 0 Å². The molecule has 4 bridgehead atoms. The topological polar surface area (TPSA) is 38.0 Å². The van der Waals surface area contributed by atoms with Crippen LogP contribution < -0.4 is 11.1 Å². The third-order valence-corrected chi connectivity index (χ3v) is 5.67. The first-order chi connectivity index (χ1) is 8.19. The van der Waals surface area contributed by atoms with Gasteiger partial charge in [0.15, 0.2) is 0 Å². The fourth-order valence-electron chi connectivity index (χ4n) is 5.26. The normalized spacial score (nSPS) is 45.2. The van der Waals surface area contributed by atoms with Gasteiger partial charge in [-0.25, -0.2) is 0 Å². The molecule has 2 nitrogen and oxygen atoms in total. The van der Waals surface area contributed by atoms with Crippen LogP contribution in [0.15, 0.2) is 0 Å². The van der Waals surface area contributed by atoms with Crippen LogP contribution in [0.1, 0.15) is 51.9 Å². The van der Waals surface area contributed by atoms with Crippen molar-refractivity contribution in [2.24, 2.45) is 28.9 Å². The van der Waals surface area contributed by atoms with Crippen LogP contribution in [0.5, 0.6) is 0 Å². The summed E-state index contributed by atoms with van der Waals surface area (Å²) in [6.07, 6.45) is 10.7. The van der Waals surface area contributed by atoms with E-state index in [1.807, 2.05) is 0 Å². The summed E-state index contributed by atoms with van der Waals surface area (Å²) in [5.74, 6) is 3.27. The lowest BCUT2D eigenvalue weighted by Gasteiger charge is -2.57. The molecule has 1 atom stereocenters. The van der Waals surface area contributed by atoms with Crippen LogP contribution in [0.25, 0.3) is 0 Å². The van der Waals surface area contributed by atoms with Gasteiger partial charge in [0.1, 0.15) is 0 Å². The molecule has 0 aromatic carbocycles. The van der Waals surface area contributed by atoms with Crippen LogP contribution in [-0.4, -0.2) is 19.1 Å². The summed E-state index contributed by atoms with van der Waals surface area (Å²) in [5, 5.41) is 3.58. The summed E-state index contributed by atoms with van der Waals surface area (Å²) < 4.78 is 0. The Hall–Kier alpha value is -0.0800. The molecule has 0 saturated heterocycles. The summed E-state index contributed by atoms with van der Waals surface area (Å²) in [4.78, 5) is 0. The molecular weight excluding hydrogens is 208 g/mol. The SMILES string of the molecule is C[C@@H](CN)NCCC12CC3CC(CC(C3)C1)C2. The maximum absolute atomic E-state index is 5.66. The van der Waals surface area contributed by atoms with E-state index in [0.717, 1.165) is 29.7 Å². The Morgan fingerprint density at radius 1 is 1.12 bits per heavy atom. The third kappa shape index (κ3) is 2.39.